The van der Waals surface area contributed by atoms with Gasteiger partial charge in [-0.05, 0) is 46.8 Å². The number of amides is 1. The first-order valence-corrected chi connectivity index (χ1v) is 12.8. The fourth-order valence-electron chi connectivity index (χ4n) is 3.10. The highest BCUT2D eigenvalue weighted by molar-refractivity contribution is 8.00. The Morgan fingerprint density at radius 1 is 1.24 bits per heavy atom. The second-order valence-electron chi connectivity index (χ2n) is 7.56. The third-order valence-corrected chi connectivity index (χ3v) is 7.90. The number of nitriles is 1. The van der Waals surface area contributed by atoms with Gasteiger partial charge in [0.2, 0.25) is 11.8 Å². The normalized spacial score (nSPS) is 12.4. The first-order valence-electron chi connectivity index (χ1n) is 10.3. The van der Waals surface area contributed by atoms with Crippen molar-refractivity contribution in [3.63, 3.8) is 0 Å². The van der Waals surface area contributed by atoms with Gasteiger partial charge in [0.1, 0.15) is 29.0 Å². The van der Waals surface area contributed by atoms with Crippen LogP contribution in [0, 0.1) is 32.1 Å². The van der Waals surface area contributed by atoms with Crippen LogP contribution in [0.3, 0.4) is 0 Å². The lowest BCUT2D eigenvalue weighted by atomic mass is 10.2. The van der Waals surface area contributed by atoms with Gasteiger partial charge < -0.3 is 8.98 Å². The van der Waals surface area contributed by atoms with E-state index in [9.17, 15) is 18.5 Å². The smallest absolute Gasteiger partial charge is 0.240 e. The van der Waals surface area contributed by atoms with E-state index in [2.05, 4.69) is 15.5 Å². The predicted molar refractivity (Wildman–Crippen MR) is 125 cm³/mol. The summed E-state index contributed by atoms with van der Waals surface area (Å²) in [6, 6.07) is 8.69. The van der Waals surface area contributed by atoms with Crippen LogP contribution in [-0.2, 0) is 26.9 Å². The van der Waals surface area contributed by atoms with Crippen molar-refractivity contribution in [3.8, 4) is 6.07 Å². The number of sulfone groups is 1. The topological polar surface area (TPSA) is 131 Å². The Hall–Kier alpha value is -3.10. The van der Waals surface area contributed by atoms with Gasteiger partial charge in [-0.1, -0.05) is 29.5 Å². The van der Waals surface area contributed by atoms with E-state index in [4.69, 9.17) is 4.42 Å². The van der Waals surface area contributed by atoms with Gasteiger partial charge >= 0.3 is 0 Å². The fraction of sp³-hybridized carbons (Fsp3) is 0.364. The van der Waals surface area contributed by atoms with E-state index >= 15 is 0 Å². The van der Waals surface area contributed by atoms with Crippen molar-refractivity contribution in [1.29, 1.82) is 5.26 Å². The number of carbonyl (C=O) groups is 1. The Labute approximate surface area is 197 Å². The minimum Gasteiger partial charge on any atom is -0.444 e. The van der Waals surface area contributed by atoms with Crippen molar-refractivity contribution in [2.24, 2.45) is 0 Å². The zero-order chi connectivity index (χ0) is 24.3. The molecule has 0 aliphatic carbocycles. The number of hydrogen-bond acceptors (Lipinski definition) is 8. The van der Waals surface area contributed by atoms with Gasteiger partial charge in [-0.25, -0.2) is 8.42 Å². The summed E-state index contributed by atoms with van der Waals surface area (Å²) in [5, 5.41) is 20.0. The average molecular weight is 488 g/mol. The van der Waals surface area contributed by atoms with Gasteiger partial charge in [-0.2, -0.15) is 5.26 Å². The Morgan fingerprint density at radius 2 is 1.91 bits per heavy atom. The summed E-state index contributed by atoms with van der Waals surface area (Å²) in [6.45, 7) is 9.35. The number of aromatic nitrogens is 3. The van der Waals surface area contributed by atoms with Crippen molar-refractivity contribution < 1.29 is 17.6 Å². The summed E-state index contributed by atoms with van der Waals surface area (Å²) in [4.78, 5) is 12.9. The lowest BCUT2D eigenvalue weighted by Crippen LogP contribution is -2.23. The summed E-state index contributed by atoms with van der Waals surface area (Å²) in [5.74, 6) is 0.315. The Bertz CT molecular complexity index is 1320. The average Bonchev–Trinajstić information content (AvgIpc) is 3.26. The standard InChI is InChI=1S/C22H25N5O4S2/c1-6-27-19(12-33(29,30)17-9-7-13(2)8-10-17)25-26-22(27)32-16(5)20(28)24-21-18(11-23)14(3)15(4)31-21/h7-10,16H,6,12H2,1-5H3,(H,24,28). The minimum absolute atomic E-state index is 0.117. The molecule has 1 atom stereocenters. The molecule has 3 rings (SSSR count). The molecule has 1 amide bonds. The van der Waals surface area contributed by atoms with Crippen LogP contribution in [0.5, 0.6) is 0 Å². The Morgan fingerprint density at radius 3 is 2.52 bits per heavy atom. The highest BCUT2D eigenvalue weighted by Crippen LogP contribution is 2.28. The molecule has 2 heterocycles. The zero-order valence-corrected chi connectivity index (χ0v) is 20.7. The molecule has 1 N–H and O–H groups in total. The van der Waals surface area contributed by atoms with Gasteiger partial charge in [-0.15, -0.1) is 10.2 Å². The lowest BCUT2D eigenvalue weighted by molar-refractivity contribution is -0.115. The Balaban J connectivity index is 1.76. The second kappa shape index (κ2) is 9.80. The van der Waals surface area contributed by atoms with Gasteiger partial charge in [0, 0.05) is 12.1 Å². The minimum atomic E-state index is -3.60. The maximum Gasteiger partial charge on any atom is 0.240 e. The number of thioether (sulfide) groups is 1. The number of nitrogens with zero attached hydrogens (tertiary/aromatic N) is 4. The Kier molecular flexibility index (Phi) is 7.29. The summed E-state index contributed by atoms with van der Waals surface area (Å²) in [6.07, 6.45) is 0. The van der Waals surface area contributed by atoms with Crippen LogP contribution in [0.1, 0.15) is 42.1 Å². The number of anilines is 1. The van der Waals surface area contributed by atoms with E-state index in [0.29, 0.717) is 34.4 Å². The SMILES string of the molecule is CCn1c(CS(=O)(=O)c2ccc(C)cc2)nnc1SC(C)C(=O)Nc1oc(C)c(C)c1C#N. The first-order chi connectivity index (χ1) is 15.6. The molecule has 0 saturated carbocycles. The van der Waals surface area contributed by atoms with Gasteiger partial charge in [-0.3, -0.25) is 10.1 Å². The van der Waals surface area contributed by atoms with E-state index in [1.165, 1.54) is 0 Å². The molecule has 33 heavy (non-hydrogen) atoms. The van der Waals surface area contributed by atoms with Crippen molar-refractivity contribution in [2.75, 3.05) is 5.32 Å². The molecule has 0 spiro atoms. The van der Waals surface area contributed by atoms with Gasteiger partial charge in [0.25, 0.3) is 0 Å². The quantitative estimate of drug-likeness (QED) is 0.475. The van der Waals surface area contributed by atoms with E-state index in [1.54, 1.807) is 49.6 Å². The molecule has 11 heteroatoms. The molecule has 2 aromatic heterocycles. The van der Waals surface area contributed by atoms with Gasteiger partial charge in [0.05, 0.1) is 10.1 Å². The number of aryl methyl sites for hydroxylation is 2. The molecule has 0 radical (unpaired) electrons. The molecule has 0 aliphatic heterocycles. The third kappa shape index (κ3) is 5.29. The molecule has 0 fully saturated rings. The molecule has 9 nitrogen and oxygen atoms in total. The molecule has 1 aromatic carbocycles. The summed E-state index contributed by atoms with van der Waals surface area (Å²) in [5.41, 5.74) is 1.94. The first kappa shape index (κ1) is 24.5. The molecule has 0 saturated heterocycles. The van der Waals surface area contributed by atoms with Gasteiger partial charge in [0.15, 0.2) is 15.0 Å². The molecule has 0 aliphatic rings. The third-order valence-electron chi connectivity index (χ3n) is 5.19. The zero-order valence-electron chi connectivity index (χ0n) is 19.0. The van der Waals surface area contributed by atoms with Crippen molar-refractivity contribution >= 4 is 33.4 Å². The van der Waals surface area contributed by atoms with Crippen LogP contribution in [0.2, 0.25) is 0 Å². The molecule has 3 aromatic rings. The molecular formula is C22H25N5O4S2. The molecule has 174 valence electrons. The largest absolute Gasteiger partial charge is 0.444 e. The molecular weight excluding hydrogens is 462 g/mol. The summed E-state index contributed by atoms with van der Waals surface area (Å²) < 4.78 is 32.8. The van der Waals surface area contributed by atoms with Crippen molar-refractivity contribution in [1.82, 2.24) is 14.8 Å². The van der Waals surface area contributed by atoms with Crippen LogP contribution >= 0.6 is 11.8 Å². The highest BCUT2D eigenvalue weighted by Gasteiger charge is 2.25. The predicted octanol–water partition coefficient (Wildman–Crippen LogP) is 3.78. The van der Waals surface area contributed by atoms with E-state index in [1.807, 2.05) is 19.9 Å². The van der Waals surface area contributed by atoms with Crippen LogP contribution < -0.4 is 5.32 Å². The summed E-state index contributed by atoms with van der Waals surface area (Å²) >= 11 is 1.15. The second-order valence-corrected chi connectivity index (χ2v) is 10.9. The van der Waals surface area contributed by atoms with E-state index < -0.39 is 15.1 Å². The maximum atomic E-state index is 12.8. The number of furan rings is 1. The number of nitrogens with one attached hydrogen (secondary N) is 1. The number of benzene rings is 1. The number of hydrogen-bond donors (Lipinski definition) is 1. The van der Waals surface area contributed by atoms with E-state index in [0.717, 1.165) is 17.3 Å². The lowest BCUT2D eigenvalue weighted by Gasteiger charge is -2.12. The molecule has 1 unspecified atom stereocenters. The van der Waals surface area contributed by atoms with E-state index in [-0.39, 0.29) is 22.4 Å². The fourth-order valence-corrected chi connectivity index (χ4v) is 5.31. The van der Waals surface area contributed by atoms with Crippen LogP contribution in [0.4, 0.5) is 5.88 Å². The van der Waals surface area contributed by atoms with Crippen molar-refractivity contribution in [2.45, 2.75) is 62.2 Å². The number of carbonyl (C=O) groups excluding carboxylic acids is 1. The van der Waals surface area contributed by atoms with Crippen molar-refractivity contribution in [3.05, 3.63) is 52.5 Å². The monoisotopic (exact) mass is 487 g/mol. The van der Waals surface area contributed by atoms with Crippen LogP contribution in [0.15, 0.2) is 38.7 Å². The maximum absolute atomic E-state index is 12.8. The summed E-state index contributed by atoms with van der Waals surface area (Å²) in [7, 11) is -3.60. The number of rotatable bonds is 8. The molecule has 0 bridgehead atoms. The highest BCUT2D eigenvalue weighted by atomic mass is 32.2. The van der Waals surface area contributed by atoms with Crippen LogP contribution in [0.25, 0.3) is 0 Å². The van der Waals surface area contributed by atoms with Crippen LogP contribution in [-0.4, -0.2) is 34.3 Å².